The number of rotatable bonds is 6. The molecule has 1 aliphatic heterocycles. The molecule has 1 heterocycles. The van der Waals surface area contributed by atoms with Gasteiger partial charge in [0, 0.05) is 0 Å². The van der Waals surface area contributed by atoms with Crippen LogP contribution in [0.15, 0.2) is 24.3 Å². The molecule has 0 radical (unpaired) electrons. The van der Waals surface area contributed by atoms with Gasteiger partial charge in [-0.1, -0.05) is 12.1 Å². The van der Waals surface area contributed by atoms with E-state index in [9.17, 15) is 15.3 Å². The lowest BCUT2D eigenvalue weighted by Crippen LogP contribution is -2.42. The minimum Gasteiger partial charge on any atom is -0.497 e. The van der Waals surface area contributed by atoms with E-state index in [0.29, 0.717) is 5.75 Å². The molecule has 0 aromatic heterocycles. The van der Waals surface area contributed by atoms with E-state index in [1.807, 2.05) is 0 Å². The molecule has 0 bridgehead atoms. The van der Waals surface area contributed by atoms with E-state index in [-0.39, 0.29) is 6.61 Å². The van der Waals surface area contributed by atoms with Crippen molar-refractivity contribution >= 4 is 0 Å². The summed E-state index contributed by atoms with van der Waals surface area (Å²) in [4.78, 5) is 0. The zero-order valence-electron chi connectivity index (χ0n) is 11.6. The van der Waals surface area contributed by atoms with Gasteiger partial charge in [-0.2, -0.15) is 0 Å². The Bertz CT molecular complexity index is 435. The molecule has 0 aliphatic carbocycles. The number of hydrogen-bond donors (Lipinski definition) is 4. The van der Waals surface area contributed by atoms with Crippen LogP contribution in [0.1, 0.15) is 5.56 Å². The van der Waals surface area contributed by atoms with Gasteiger partial charge in [-0.05, 0) is 17.7 Å². The highest BCUT2D eigenvalue weighted by atomic mass is 16.7. The van der Waals surface area contributed by atoms with Crippen molar-refractivity contribution in [1.29, 1.82) is 0 Å². The lowest BCUT2D eigenvalue weighted by molar-refractivity contribution is -0.151. The molecule has 0 spiro atoms. The predicted molar refractivity (Wildman–Crippen MR) is 71.6 cm³/mol. The fraction of sp³-hybridized carbons (Fsp3) is 0.571. The first-order chi connectivity index (χ1) is 10.1. The number of methoxy groups -OCH3 is 1. The van der Waals surface area contributed by atoms with Gasteiger partial charge in [-0.3, -0.25) is 0 Å². The lowest BCUT2D eigenvalue weighted by Gasteiger charge is -2.23. The summed E-state index contributed by atoms with van der Waals surface area (Å²) >= 11 is 0. The minimum atomic E-state index is -1.45. The second-order valence-electron chi connectivity index (χ2n) is 4.86. The molecular formula is C14H20O7. The van der Waals surface area contributed by atoms with Crippen LogP contribution in [-0.2, 0) is 16.1 Å². The van der Waals surface area contributed by atoms with Crippen LogP contribution < -0.4 is 4.74 Å². The molecule has 2 rings (SSSR count). The van der Waals surface area contributed by atoms with Gasteiger partial charge in [-0.15, -0.1) is 0 Å². The fourth-order valence-corrected chi connectivity index (χ4v) is 2.20. The normalized spacial score (nSPS) is 30.3. The molecule has 21 heavy (non-hydrogen) atoms. The van der Waals surface area contributed by atoms with Crippen molar-refractivity contribution in [3.8, 4) is 5.75 Å². The molecule has 1 fully saturated rings. The topological polar surface area (TPSA) is 109 Å². The summed E-state index contributed by atoms with van der Waals surface area (Å²) in [5, 5.41) is 37.9. The molecule has 4 N–H and O–H groups in total. The third kappa shape index (κ3) is 3.70. The highest BCUT2D eigenvalue weighted by Crippen LogP contribution is 2.26. The van der Waals surface area contributed by atoms with Crippen molar-refractivity contribution in [1.82, 2.24) is 0 Å². The Labute approximate surface area is 122 Å². The van der Waals surface area contributed by atoms with Gasteiger partial charge in [0.15, 0.2) is 6.29 Å². The molecule has 5 atom stereocenters. The number of aliphatic hydroxyl groups excluding tert-OH is 4. The maximum atomic E-state index is 9.82. The van der Waals surface area contributed by atoms with Gasteiger partial charge in [0.1, 0.15) is 30.2 Å². The number of aliphatic hydroxyl groups is 4. The first-order valence-electron chi connectivity index (χ1n) is 6.62. The van der Waals surface area contributed by atoms with Crippen molar-refractivity contribution in [2.75, 3.05) is 13.7 Å². The Kier molecular flexibility index (Phi) is 5.51. The summed E-state index contributed by atoms with van der Waals surface area (Å²) in [6, 6.07) is 7.15. The van der Waals surface area contributed by atoms with E-state index >= 15 is 0 Å². The van der Waals surface area contributed by atoms with Crippen LogP contribution in [0, 0.1) is 0 Å². The van der Waals surface area contributed by atoms with Crippen molar-refractivity contribution in [2.45, 2.75) is 37.3 Å². The van der Waals surface area contributed by atoms with E-state index in [2.05, 4.69) is 0 Å². The van der Waals surface area contributed by atoms with Crippen LogP contribution in [-0.4, -0.2) is 64.8 Å². The summed E-state index contributed by atoms with van der Waals surface area (Å²) in [6.45, 7) is -0.386. The van der Waals surface area contributed by atoms with Crippen molar-refractivity contribution in [3.05, 3.63) is 29.8 Å². The SMILES string of the molecule is COc1ccc(CO[C@H]2C(O)[C@H](O)O[C@@H]2C(O)CO)cc1. The fourth-order valence-electron chi connectivity index (χ4n) is 2.20. The summed E-state index contributed by atoms with van der Waals surface area (Å²) in [5.41, 5.74) is 0.835. The Balaban J connectivity index is 1.98. The maximum Gasteiger partial charge on any atom is 0.184 e. The Morgan fingerprint density at radius 3 is 2.48 bits per heavy atom. The highest BCUT2D eigenvalue weighted by molar-refractivity contribution is 5.26. The molecule has 0 saturated carbocycles. The number of ether oxygens (including phenoxy) is 3. The smallest absolute Gasteiger partial charge is 0.184 e. The summed E-state index contributed by atoms with van der Waals surface area (Å²) in [7, 11) is 1.57. The van der Waals surface area contributed by atoms with E-state index in [0.717, 1.165) is 5.56 Å². The summed E-state index contributed by atoms with van der Waals surface area (Å²) in [5.74, 6) is 0.715. The molecular weight excluding hydrogens is 280 g/mol. The van der Waals surface area contributed by atoms with Crippen molar-refractivity contribution in [3.63, 3.8) is 0 Å². The molecule has 7 nitrogen and oxygen atoms in total. The first kappa shape index (κ1) is 16.2. The van der Waals surface area contributed by atoms with Crippen LogP contribution >= 0.6 is 0 Å². The maximum absolute atomic E-state index is 9.82. The van der Waals surface area contributed by atoms with E-state index in [4.69, 9.17) is 19.3 Å². The molecule has 1 aromatic carbocycles. The van der Waals surface area contributed by atoms with Gasteiger partial charge >= 0.3 is 0 Å². The van der Waals surface area contributed by atoms with Gasteiger partial charge in [-0.25, -0.2) is 0 Å². The Morgan fingerprint density at radius 1 is 1.24 bits per heavy atom. The lowest BCUT2D eigenvalue weighted by atomic mass is 10.1. The van der Waals surface area contributed by atoms with E-state index in [1.165, 1.54) is 0 Å². The third-order valence-corrected chi connectivity index (χ3v) is 3.42. The highest BCUT2D eigenvalue weighted by Gasteiger charge is 2.46. The second kappa shape index (κ2) is 7.17. The molecule has 1 saturated heterocycles. The standard InChI is InChI=1S/C14H20O7/c1-19-9-4-2-8(3-5-9)7-20-13-11(17)14(18)21-12(13)10(16)6-15/h2-5,10-18H,6-7H2,1H3/t10?,11?,12-,13+,14-/m1/s1. The van der Waals surface area contributed by atoms with Crippen molar-refractivity contribution < 1.29 is 34.6 Å². The average molecular weight is 300 g/mol. The van der Waals surface area contributed by atoms with Crippen LogP contribution in [0.25, 0.3) is 0 Å². The van der Waals surface area contributed by atoms with Crippen LogP contribution in [0.4, 0.5) is 0 Å². The van der Waals surface area contributed by atoms with Gasteiger partial charge in [0.25, 0.3) is 0 Å². The first-order valence-corrected chi connectivity index (χ1v) is 6.62. The zero-order chi connectivity index (χ0) is 15.4. The molecule has 118 valence electrons. The largest absolute Gasteiger partial charge is 0.497 e. The zero-order valence-corrected chi connectivity index (χ0v) is 11.6. The van der Waals surface area contributed by atoms with Gasteiger partial charge in [0.05, 0.1) is 20.3 Å². The number of hydrogen-bond acceptors (Lipinski definition) is 7. The quantitative estimate of drug-likeness (QED) is 0.534. The molecule has 1 aliphatic rings. The third-order valence-electron chi connectivity index (χ3n) is 3.42. The molecule has 1 aromatic rings. The van der Waals surface area contributed by atoms with Crippen LogP contribution in [0.2, 0.25) is 0 Å². The van der Waals surface area contributed by atoms with Gasteiger partial charge < -0.3 is 34.6 Å². The second-order valence-corrected chi connectivity index (χ2v) is 4.86. The number of benzene rings is 1. The van der Waals surface area contributed by atoms with Crippen molar-refractivity contribution in [2.24, 2.45) is 0 Å². The summed E-state index contributed by atoms with van der Waals surface area (Å²) < 4.78 is 15.6. The van der Waals surface area contributed by atoms with E-state index < -0.39 is 37.3 Å². The average Bonchev–Trinajstić information content (AvgIpc) is 2.80. The van der Waals surface area contributed by atoms with Crippen LogP contribution in [0.5, 0.6) is 5.75 Å². The Hall–Kier alpha value is -1.22. The minimum absolute atomic E-state index is 0.163. The monoisotopic (exact) mass is 300 g/mol. The Morgan fingerprint density at radius 2 is 1.90 bits per heavy atom. The predicted octanol–water partition coefficient (Wildman–Crippen LogP) is -0.988. The van der Waals surface area contributed by atoms with Gasteiger partial charge in [0.2, 0.25) is 0 Å². The molecule has 2 unspecified atom stereocenters. The molecule has 0 amide bonds. The van der Waals surface area contributed by atoms with Crippen LogP contribution in [0.3, 0.4) is 0 Å². The van der Waals surface area contributed by atoms with E-state index in [1.54, 1.807) is 31.4 Å². The summed E-state index contributed by atoms with van der Waals surface area (Å²) in [6.07, 6.45) is -5.88. The molecule has 7 heteroatoms.